The maximum absolute atomic E-state index is 11.8. The van der Waals surface area contributed by atoms with E-state index in [9.17, 15) is 13.2 Å². The minimum Gasteiger partial charge on any atom is -0.495 e. The average Bonchev–Trinajstić information content (AvgIpc) is 2.06. The van der Waals surface area contributed by atoms with Gasteiger partial charge in [0.1, 0.15) is 10.8 Å². The highest BCUT2D eigenvalue weighted by Gasteiger charge is 2.32. The molecule has 1 aromatic carbocycles. The molecule has 14 heavy (non-hydrogen) atoms. The van der Waals surface area contributed by atoms with Crippen molar-refractivity contribution in [1.82, 2.24) is 0 Å². The Hall–Kier alpha value is -1.10. The lowest BCUT2D eigenvalue weighted by Gasteiger charge is -2.11. The SMILES string of the molecule is COc1cccc(OC(F)(F)F)c1Cl. The monoisotopic (exact) mass is 226 g/mol. The van der Waals surface area contributed by atoms with Crippen molar-refractivity contribution in [2.24, 2.45) is 0 Å². The average molecular weight is 227 g/mol. The molecule has 0 heterocycles. The van der Waals surface area contributed by atoms with Gasteiger partial charge in [-0.15, -0.1) is 13.2 Å². The fourth-order valence-electron chi connectivity index (χ4n) is 0.852. The van der Waals surface area contributed by atoms with Gasteiger partial charge in [0.15, 0.2) is 5.75 Å². The van der Waals surface area contributed by atoms with Crippen molar-refractivity contribution in [3.8, 4) is 11.5 Å². The second-order valence-electron chi connectivity index (χ2n) is 2.32. The standard InChI is InChI=1S/C8H6ClF3O2/c1-13-5-3-2-4-6(7(5)9)14-8(10,11)12/h2-4H,1H3. The number of ether oxygens (including phenoxy) is 2. The Bertz CT molecular complexity index is 325. The molecule has 0 aliphatic rings. The summed E-state index contributed by atoms with van der Waals surface area (Å²) in [6.07, 6.45) is -4.75. The van der Waals surface area contributed by atoms with Crippen LogP contribution < -0.4 is 9.47 Å². The van der Waals surface area contributed by atoms with Crippen molar-refractivity contribution in [3.05, 3.63) is 23.2 Å². The van der Waals surface area contributed by atoms with Gasteiger partial charge in [-0.3, -0.25) is 0 Å². The Morgan fingerprint density at radius 1 is 1.21 bits per heavy atom. The molecular formula is C8H6ClF3O2. The summed E-state index contributed by atoms with van der Waals surface area (Å²) in [6, 6.07) is 3.90. The topological polar surface area (TPSA) is 18.5 Å². The Morgan fingerprint density at radius 2 is 1.79 bits per heavy atom. The van der Waals surface area contributed by atoms with E-state index in [1.165, 1.54) is 19.2 Å². The molecule has 0 amide bonds. The third-order valence-electron chi connectivity index (χ3n) is 1.37. The smallest absolute Gasteiger partial charge is 0.495 e. The molecule has 0 radical (unpaired) electrons. The van der Waals surface area contributed by atoms with E-state index in [2.05, 4.69) is 4.74 Å². The van der Waals surface area contributed by atoms with E-state index in [0.29, 0.717) is 0 Å². The van der Waals surface area contributed by atoms with Crippen molar-refractivity contribution in [2.75, 3.05) is 7.11 Å². The van der Waals surface area contributed by atoms with E-state index < -0.39 is 12.1 Å². The highest BCUT2D eigenvalue weighted by Crippen LogP contribution is 2.36. The van der Waals surface area contributed by atoms with Crippen molar-refractivity contribution in [1.29, 1.82) is 0 Å². The summed E-state index contributed by atoms with van der Waals surface area (Å²) in [5, 5.41) is -0.202. The van der Waals surface area contributed by atoms with Gasteiger partial charge >= 0.3 is 6.36 Å². The molecule has 6 heteroatoms. The van der Waals surface area contributed by atoms with E-state index in [-0.39, 0.29) is 10.8 Å². The summed E-state index contributed by atoms with van der Waals surface area (Å²) in [4.78, 5) is 0. The zero-order valence-electron chi connectivity index (χ0n) is 7.06. The third kappa shape index (κ3) is 2.70. The Morgan fingerprint density at radius 3 is 2.29 bits per heavy atom. The van der Waals surface area contributed by atoms with E-state index in [4.69, 9.17) is 16.3 Å². The fraction of sp³-hybridized carbons (Fsp3) is 0.250. The first-order valence-corrected chi connectivity index (χ1v) is 3.90. The van der Waals surface area contributed by atoms with Gasteiger partial charge in [-0.1, -0.05) is 17.7 Å². The van der Waals surface area contributed by atoms with Gasteiger partial charge in [0.2, 0.25) is 0 Å². The number of rotatable bonds is 2. The molecule has 0 atom stereocenters. The van der Waals surface area contributed by atoms with Crippen LogP contribution in [0.15, 0.2) is 18.2 Å². The lowest BCUT2D eigenvalue weighted by Crippen LogP contribution is -2.17. The second-order valence-corrected chi connectivity index (χ2v) is 2.70. The molecule has 0 bridgehead atoms. The molecule has 0 unspecified atom stereocenters. The lowest BCUT2D eigenvalue weighted by molar-refractivity contribution is -0.274. The summed E-state index contributed by atoms with van der Waals surface area (Å²) >= 11 is 5.56. The maximum atomic E-state index is 11.8. The highest BCUT2D eigenvalue weighted by molar-refractivity contribution is 6.33. The summed E-state index contributed by atoms with van der Waals surface area (Å²) < 4.78 is 43.9. The molecule has 2 nitrogen and oxygen atoms in total. The first kappa shape index (κ1) is 11.0. The highest BCUT2D eigenvalue weighted by atomic mass is 35.5. The van der Waals surface area contributed by atoms with Crippen LogP contribution in [0.3, 0.4) is 0 Å². The van der Waals surface area contributed by atoms with E-state index in [1.54, 1.807) is 0 Å². The van der Waals surface area contributed by atoms with Gasteiger partial charge in [0, 0.05) is 0 Å². The van der Waals surface area contributed by atoms with Crippen molar-refractivity contribution < 1.29 is 22.6 Å². The first-order chi connectivity index (χ1) is 6.44. The van der Waals surface area contributed by atoms with Gasteiger partial charge in [-0.25, -0.2) is 0 Å². The Labute approximate surface area is 83.2 Å². The van der Waals surface area contributed by atoms with E-state index in [1.807, 2.05) is 0 Å². The predicted molar refractivity (Wildman–Crippen MR) is 44.7 cm³/mol. The maximum Gasteiger partial charge on any atom is 0.573 e. The van der Waals surface area contributed by atoms with Gasteiger partial charge in [-0.05, 0) is 12.1 Å². The van der Waals surface area contributed by atoms with Crippen LogP contribution >= 0.6 is 11.6 Å². The lowest BCUT2D eigenvalue weighted by atomic mass is 10.3. The minimum atomic E-state index is -4.75. The minimum absolute atomic E-state index is 0.133. The largest absolute Gasteiger partial charge is 0.573 e. The number of alkyl halides is 3. The van der Waals surface area contributed by atoms with Crippen LogP contribution in [0.2, 0.25) is 5.02 Å². The van der Waals surface area contributed by atoms with Crippen LogP contribution in [0.5, 0.6) is 11.5 Å². The normalized spacial score (nSPS) is 11.2. The molecule has 0 N–H and O–H groups in total. The van der Waals surface area contributed by atoms with Crippen LogP contribution in [0, 0.1) is 0 Å². The number of hydrogen-bond donors (Lipinski definition) is 0. The molecule has 0 aromatic heterocycles. The van der Waals surface area contributed by atoms with Gasteiger partial charge in [-0.2, -0.15) is 0 Å². The quantitative estimate of drug-likeness (QED) is 0.771. The van der Waals surface area contributed by atoms with Gasteiger partial charge in [0.25, 0.3) is 0 Å². The fourth-order valence-corrected chi connectivity index (χ4v) is 1.09. The molecule has 1 rings (SSSR count). The van der Waals surface area contributed by atoms with E-state index >= 15 is 0 Å². The number of benzene rings is 1. The number of hydrogen-bond acceptors (Lipinski definition) is 2. The van der Waals surface area contributed by atoms with Crippen LogP contribution in [-0.4, -0.2) is 13.5 Å². The molecule has 0 saturated carbocycles. The van der Waals surface area contributed by atoms with Crippen LogP contribution in [0.1, 0.15) is 0 Å². The zero-order chi connectivity index (χ0) is 10.8. The molecule has 0 aliphatic heterocycles. The van der Waals surface area contributed by atoms with Crippen molar-refractivity contribution >= 4 is 11.6 Å². The van der Waals surface area contributed by atoms with Crippen LogP contribution in [0.25, 0.3) is 0 Å². The zero-order valence-corrected chi connectivity index (χ0v) is 7.82. The number of halogens is 4. The second kappa shape index (κ2) is 3.96. The van der Waals surface area contributed by atoms with Gasteiger partial charge in [0.05, 0.1) is 7.11 Å². The van der Waals surface area contributed by atoms with Crippen LogP contribution in [-0.2, 0) is 0 Å². The molecule has 78 valence electrons. The number of methoxy groups -OCH3 is 1. The van der Waals surface area contributed by atoms with Crippen molar-refractivity contribution in [3.63, 3.8) is 0 Å². The van der Waals surface area contributed by atoms with Gasteiger partial charge < -0.3 is 9.47 Å². The predicted octanol–water partition coefficient (Wildman–Crippen LogP) is 3.25. The third-order valence-corrected chi connectivity index (χ3v) is 1.75. The molecule has 0 spiro atoms. The molecular weight excluding hydrogens is 221 g/mol. The molecule has 0 fully saturated rings. The Kier molecular flexibility index (Phi) is 3.10. The summed E-state index contributed by atoms with van der Waals surface area (Å²) in [7, 11) is 1.30. The van der Waals surface area contributed by atoms with Crippen molar-refractivity contribution in [2.45, 2.75) is 6.36 Å². The summed E-state index contributed by atoms with van der Waals surface area (Å²) in [5.41, 5.74) is 0. The summed E-state index contributed by atoms with van der Waals surface area (Å²) in [6.45, 7) is 0. The first-order valence-electron chi connectivity index (χ1n) is 3.52. The van der Waals surface area contributed by atoms with Crippen LogP contribution in [0.4, 0.5) is 13.2 Å². The Balaban J connectivity index is 2.98. The molecule has 1 aromatic rings. The van der Waals surface area contributed by atoms with E-state index in [0.717, 1.165) is 6.07 Å². The molecule has 0 aliphatic carbocycles. The molecule has 0 saturated heterocycles. The summed E-state index contributed by atoms with van der Waals surface area (Å²) in [5.74, 6) is -0.341.